The Morgan fingerprint density at radius 2 is 0.761 bits per heavy atom. The molecule has 9 rings (SSSR count). The molecule has 46 heavy (non-hydrogen) atoms. The summed E-state index contributed by atoms with van der Waals surface area (Å²) < 4.78 is 0. The van der Waals surface area contributed by atoms with Crippen LogP contribution in [-0.2, 0) is 17.3 Å². The fraction of sp³-hybridized carbons (Fsp3) is 0.0667. The third kappa shape index (κ3) is 3.69. The fourth-order valence-corrected chi connectivity index (χ4v) is 8.48. The zero-order valence-electron chi connectivity index (χ0n) is 25.5. The molecule has 0 amide bonds. The second-order valence-electron chi connectivity index (χ2n) is 12.5. The molecule has 1 aliphatic heterocycles. The molecule has 1 heterocycles. The monoisotopic (exact) mass is 587 g/mol. The number of anilines is 2. The maximum atomic E-state index is 3.95. The Balaban J connectivity index is 1.43. The van der Waals surface area contributed by atoms with Crippen molar-refractivity contribution in [3.05, 3.63) is 238 Å². The molecule has 0 aromatic heterocycles. The van der Waals surface area contributed by atoms with Crippen LogP contribution in [-0.4, -0.2) is 0 Å². The number of fused-ring (bicyclic) bond motifs is 4. The summed E-state index contributed by atoms with van der Waals surface area (Å²) >= 11 is 0. The lowest BCUT2D eigenvalue weighted by Gasteiger charge is -2.46. The van der Waals surface area contributed by atoms with Crippen LogP contribution in [0.2, 0.25) is 0 Å². The summed E-state index contributed by atoms with van der Waals surface area (Å²) in [5.74, 6) is 0. The van der Waals surface area contributed by atoms with Gasteiger partial charge in [-0.3, -0.25) is 0 Å². The summed E-state index contributed by atoms with van der Waals surface area (Å²) in [5.41, 5.74) is 14.4. The topological polar surface area (TPSA) is 12.0 Å². The number of hydrogen-bond donors (Lipinski definition) is 1. The van der Waals surface area contributed by atoms with Gasteiger partial charge in [0, 0.05) is 11.4 Å². The number of nitrogens with one attached hydrogen (secondary N) is 1. The largest absolute Gasteiger partial charge is 0.355 e. The fourth-order valence-electron chi connectivity index (χ4n) is 8.48. The minimum absolute atomic E-state index is 0.470. The van der Waals surface area contributed by atoms with E-state index < -0.39 is 10.8 Å². The molecule has 0 bridgehead atoms. The average molecular weight is 588 g/mol. The smallest absolute Gasteiger partial charge is 0.0742 e. The molecule has 0 saturated heterocycles. The van der Waals surface area contributed by atoms with Crippen LogP contribution in [0.3, 0.4) is 0 Å². The van der Waals surface area contributed by atoms with Crippen molar-refractivity contribution in [2.45, 2.75) is 17.3 Å². The van der Waals surface area contributed by atoms with Gasteiger partial charge in [0.1, 0.15) is 0 Å². The van der Waals surface area contributed by atoms with Crippen LogP contribution in [0.15, 0.2) is 182 Å². The van der Waals surface area contributed by atoms with E-state index in [-0.39, 0.29) is 0 Å². The van der Waals surface area contributed by atoms with E-state index in [9.17, 15) is 0 Å². The van der Waals surface area contributed by atoms with Crippen LogP contribution in [0.5, 0.6) is 0 Å². The highest BCUT2D eigenvalue weighted by molar-refractivity contribution is 5.84. The first-order chi connectivity index (χ1) is 22.8. The Morgan fingerprint density at radius 3 is 1.30 bits per heavy atom. The van der Waals surface area contributed by atoms with Gasteiger partial charge < -0.3 is 5.32 Å². The van der Waals surface area contributed by atoms with Crippen molar-refractivity contribution in [3.63, 3.8) is 0 Å². The summed E-state index contributed by atoms with van der Waals surface area (Å²) in [4.78, 5) is 0. The van der Waals surface area contributed by atoms with E-state index in [0.29, 0.717) is 0 Å². The number of rotatable bonds is 4. The highest BCUT2D eigenvalue weighted by atomic mass is 14.9. The molecule has 0 atom stereocenters. The second-order valence-corrected chi connectivity index (χ2v) is 12.5. The molecule has 1 nitrogen and oxygen atoms in total. The van der Waals surface area contributed by atoms with E-state index >= 15 is 0 Å². The first kappa shape index (κ1) is 26.7. The molecule has 1 heteroatoms. The summed E-state index contributed by atoms with van der Waals surface area (Å²) in [6.07, 6.45) is 0.876. The normalized spacial score (nSPS) is 15.0. The zero-order chi connectivity index (χ0) is 30.6. The van der Waals surface area contributed by atoms with Crippen molar-refractivity contribution < 1.29 is 0 Å². The molecular weight excluding hydrogens is 555 g/mol. The average Bonchev–Trinajstić information content (AvgIpc) is 3.14. The van der Waals surface area contributed by atoms with E-state index in [1.807, 2.05) is 0 Å². The van der Waals surface area contributed by atoms with Crippen molar-refractivity contribution in [3.8, 4) is 0 Å². The molecule has 1 aliphatic carbocycles. The Labute approximate surface area is 270 Å². The van der Waals surface area contributed by atoms with Gasteiger partial charge in [-0.05, 0) is 74.2 Å². The van der Waals surface area contributed by atoms with Gasteiger partial charge in [-0.2, -0.15) is 0 Å². The summed E-state index contributed by atoms with van der Waals surface area (Å²) in [5, 5.41) is 3.95. The predicted molar refractivity (Wildman–Crippen MR) is 189 cm³/mol. The Morgan fingerprint density at radius 1 is 0.326 bits per heavy atom. The molecular formula is C45H33N. The molecule has 0 fully saturated rings. The number of benzene rings is 7. The van der Waals surface area contributed by atoms with E-state index in [1.54, 1.807) is 0 Å². The second kappa shape index (κ2) is 10.5. The van der Waals surface area contributed by atoms with Gasteiger partial charge in [0.05, 0.1) is 10.8 Å². The molecule has 7 aromatic rings. The first-order valence-corrected chi connectivity index (χ1v) is 16.2. The highest BCUT2D eigenvalue weighted by Crippen LogP contribution is 2.57. The molecule has 0 unspecified atom stereocenters. The third-order valence-corrected chi connectivity index (χ3v) is 10.3. The number of para-hydroxylation sites is 1. The van der Waals surface area contributed by atoms with Gasteiger partial charge in [-0.15, -0.1) is 0 Å². The van der Waals surface area contributed by atoms with Crippen molar-refractivity contribution in [2.75, 3.05) is 5.32 Å². The van der Waals surface area contributed by atoms with Crippen LogP contribution >= 0.6 is 0 Å². The van der Waals surface area contributed by atoms with Crippen LogP contribution in [0.25, 0.3) is 0 Å². The number of hydrogen-bond acceptors (Lipinski definition) is 1. The lowest BCUT2D eigenvalue weighted by atomic mass is 9.57. The van der Waals surface area contributed by atoms with E-state index in [2.05, 4.69) is 187 Å². The first-order valence-electron chi connectivity index (χ1n) is 16.2. The van der Waals surface area contributed by atoms with Crippen LogP contribution < -0.4 is 5.32 Å². The van der Waals surface area contributed by atoms with Crippen molar-refractivity contribution in [1.29, 1.82) is 0 Å². The molecule has 1 N–H and O–H groups in total. The molecule has 7 aromatic carbocycles. The van der Waals surface area contributed by atoms with Crippen LogP contribution in [0.1, 0.15) is 55.6 Å². The molecule has 0 saturated carbocycles. The van der Waals surface area contributed by atoms with Crippen molar-refractivity contribution in [2.24, 2.45) is 0 Å². The zero-order valence-corrected chi connectivity index (χ0v) is 25.5. The van der Waals surface area contributed by atoms with Gasteiger partial charge >= 0.3 is 0 Å². The quantitative estimate of drug-likeness (QED) is 0.216. The van der Waals surface area contributed by atoms with Gasteiger partial charge in [0.2, 0.25) is 0 Å². The van der Waals surface area contributed by atoms with Crippen LogP contribution in [0.4, 0.5) is 11.4 Å². The van der Waals surface area contributed by atoms with Crippen LogP contribution in [0, 0.1) is 0 Å². The van der Waals surface area contributed by atoms with Gasteiger partial charge in [-0.1, -0.05) is 170 Å². The Bertz CT molecular complexity index is 1940. The molecule has 0 spiro atoms. The van der Waals surface area contributed by atoms with Gasteiger partial charge in [-0.25, -0.2) is 0 Å². The van der Waals surface area contributed by atoms with E-state index in [4.69, 9.17) is 0 Å². The Hall–Kier alpha value is -5.66. The highest BCUT2D eigenvalue weighted by Gasteiger charge is 2.48. The van der Waals surface area contributed by atoms with E-state index in [0.717, 1.165) is 17.8 Å². The molecule has 218 valence electrons. The van der Waals surface area contributed by atoms with E-state index in [1.165, 1.54) is 55.6 Å². The predicted octanol–water partition coefficient (Wildman–Crippen LogP) is 10.4. The lowest BCUT2D eigenvalue weighted by molar-refractivity contribution is 0.692. The summed E-state index contributed by atoms with van der Waals surface area (Å²) in [7, 11) is 0. The van der Waals surface area contributed by atoms with Crippen molar-refractivity contribution in [1.82, 2.24) is 0 Å². The molecule has 2 aliphatic rings. The SMILES string of the molecule is c1ccc(C2(c3ccccc3)c3ccccc3Cc3cc4c(cc32)Nc2ccccc2C4(c2ccccc2)c2ccccc2)cc1. The van der Waals surface area contributed by atoms with Gasteiger partial charge in [0.25, 0.3) is 0 Å². The standard InChI is InChI=1S/C45H33N/c1-5-18-34(19-6-1)44(35-20-7-2-8-21-35)38-26-14-13-17-32(38)29-33-30-41-43(31-40(33)44)46-42-28-16-15-27-39(42)45(41,36-22-9-3-10-23-36)37-24-11-4-12-25-37/h1-28,30-31,46H,29H2. The summed E-state index contributed by atoms with van der Waals surface area (Å²) in [6, 6.07) is 67.3. The maximum Gasteiger partial charge on any atom is 0.0742 e. The van der Waals surface area contributed by atoms with Gasteiger partial charge in [0.15, 0.2) is 0 Å². The minimum atomic E-state index is -0.492. The van der Waals surface area contributed by atoms with Crippen molar-refractivity contribution >= 4 is 11.4 Å². The maximum absolute atomic E-state index is 3.95. The molecule has 0 radical (unpaired) electrons. The third-order valence-electron chi connectivity index (χ3n) is 10.3. The summed E-state index contributed by atoms with van der Waals surface area (Å²) in [6.45, 7) is 0. The minimum Gasteiger partial charge on any atom is -0.355 e. The Kier molecular flexibility index (Phi) is 6.08. The lowest BCUT2D eigenvalue weighted by Crippen LogP contribution is -2.39.